The maximum absolute atomic E-state index is 12.2. The predicted molar refractivity (Wildman–Crippen MR) is 134 cm³/mol. The highest BCUT2D eigenvalue weighted by atomic mass is 35.5. The summed E-state index contributed by atoms with van der Waals surface area (Å²) in [5.74, 6) is 0.752. The number of benzene rings is 3. The molecule has 0 radical (unpaired) electrons. The van der Waals surface area contributed by atoms with Crippen LogP contribution in [-0.4, -0.2) is 18.7 Å². The topological polar surface area (TPSA) is 59.9 Å². The van der Waals surface area contributed by atoms with Gasteiger partial charge in [0.25, 0.3) is 0 Å². The molecule has 0 saturated carbocycles. The molecule has 0 heterocycles. The fourth-order valence-corrected chi connectivity index (χ4v) is 3.50. The van der Waals surface area contributed by atoms with Gasteiger partial charge in [-0.2, -0.15) is 5.10 Å². The van der Waals surface area contributed by atoms with Crippen molar-refractivity contribution in [3.63, 3.8) is 0 Å². The molecule has 0 aromatic heterocycles. The number of ether oxygens (including phenoxy) is 2. The van der Waals surface area contributed by atoms with Crippen LogP contribution >= 0.6 is 23.2 Å². The van der Waals surface area contributed by atoms with Gasteiger partial charge in [-0.05, 0) is 59.9 Å². The first-order valence-electron chi connectivity index (χ1n) is 10.7. The van der Waals surface area contributed by atoms with Crippen molar-refractivity contribution in [3.8, 4) is 11.5 Å². The van der Waals surface area contributed by atoms with E-state index in [2.05, 4.69) is 17.5 Å². The highest BCUT2D eigenvalue weighted by Crippen LogP contribution is 2.37. The zero-order chi connectivity index (χ0) is 23.6. The first kappa shape index (κ1) is 24.6. The van der Waals surface area contributed by atoms with E-state index < -0.39 is 0 Å². The number of nitrogens with one attached hydrogen (secondary N) is 1. The van der Waals surface area contributed by atoms with Gasteiger partial charge in [0.15, 0.2) is 11.5 Å². The minimum absolute atomic E-state index is 0.199. The molecule has 1 N–H and O–H groups in total. The number of amides is 1. The summed E-state index contributed by atoms with van der Waals surface area (Å²) in [6, 6.07) is 18.8. The van der Waals surface area contributed by atoms with Crippen LogP contribution in [0.25, 0.3) is 0 Å². The molecule has 0 aliphatic carbocycles. The number of hydrogen-bond acceptors (Lipinski definition) is 4. The number of aryl methyl sites for hydroxylation is 1. The summed E-state index contributed by atoms with van der Waals surface area (Å²) in [4.78, 5) is 12.2. The van der Waals surface area contributed by atoms with E-state index in [0.29, 0.717) is 40.3 Å². The van der Waals surface area contributed by atoms with Crippen LogP contribution in [0.5, 0.6) is 11.5 Å². The van der Waals surface area contributed by atoms with E-state index in [-0.39, 0.29) is 12.3 Å². The smallest absolute Gasteiger partial charge is 0.244 e. The normalized spacial score (nSPS) is 10.9. The number of carbonyl (C=O) groups excluding carboxylic acids is 1. The van der Waals surface area contributed by atoms with Gasteiger partial charge < -0.3 is 9.47 Å². The predicted octanol–water partition coefficient (Wildman–Crippen LogP) is 6.23. The minimum Gasteiger partial charge on any atom is -0.490 e. The van der Waals surface area contributed by atoms with Gasteiger partial charge in [0, 0.05) is 5.02 Å². The second kappa shape index (κ2) is 12.3. The van der Waals surface area contributed by atoms with Crippen LogP contribution in [0.1, 0.15) is 36.1 Å². The van der Waals surface area contributed by atoms with E-state index in [1.165, 1.54) is 11.8 Å². The third-order valence-electron chi connectivity index (χ3n) is 4.83. The van der Waals surface area contributed by atoms with Crippen molar-refractivity contribution in [3.05, 3.63) is 93.0 Å². The molecule has 7 heteroatoms. The van der Waals surface area contributed by atoms with Crippen molar-refractivity contribution in [1.29, 1.82) is 0 Å². The summed E-state index contributed by atoms with van der Waals surface area (Å²) in [6.45, 7) is 4.74. The number of hydrazone groups is 1. The van der Waals surface area contributed by atoms with Crippen molar-refractivity contribution in [1.82, 2.24) is 5.43 Å². The fraction of sp³-hybridized carbons (Fsp3) is 0.231. The number of halogens is 2. The average Bonchev–Trinajstić information content (AvgIpc) is 2.80. The molecule has 172 valence electrons. The summed E-state index contributed by atoms with van der Waals surface area (Å²) in [7, 11) is 0. The van der Waals surface area contributed by atoms with Crippen LogP contribution in [0.3, 0.4) is 0 Å². The Labute approximate surface area is 204 Å². The molecule has 33 heavy (non-hydrogen) atoms. The van der Waals surface area contributed by atoms with Crippen LogP contribution in [0.2, 0.25) is 10.0 Å². The lowest BCUT2D eigenvalue weighted by Gasteiger charge is -2.14. The molecule has 1 amide bonds. The first-order chi connectivity index (χ1) is 16.0. The highest BCUT2D eigenvalue weighted by molar-refractivity contribution is 6.32. The number of hydrogen-bond donors (Lipinski definition) is 1. The molecule has 5 nitrogen and oxygen atoms in total. The minimum atomic E-state index is -0.199. The van der Waals surface area contributed by atoms with Gasteiger partial charge in [0.2, 0.25) is 5.91 Å². The summed E-state index contributed by atoms with van der Waals surface area (Å²) >= 11 is 12.4. The molecule has 0 spiro atoms. The first-order valence-corrected chi connectivity index (χ1v) is 11.5. The van der Waals surface area contributed by atoms with Gasteiger partial charge in [-0.3, -0.25) is 4.79 Å². The van der Waals surface area contributed by atoms with Gasteiger partial charge in [0.1, 0.15) is 6.61 Å². The van der Waals surface area contributed by atoms with Crippen molar-refractivity contribution >= 4 is 35.3 Å². The molecule has 0 atom stereocenters. The largest absolute Gasteiger partial charge is 0.490 e. The van der Waals surface area contributed by atoms with E-state index in [9.17, 15) is 4.79 Å². The molecule has 0 aliphatic rings. The quantitative estimate of drug-likeness (QED) is 0.274. The van der Waals surface area contributed by atoms with Crippen LogP contribution in [-0.2, 0) is 24.2 Å². The summed E-state index contributed by atoms with van der Waals surface area (Å²) in [5, 5.41) is 5.10. The van der Waals surface area contributed by atoms with Crippen LogP contribution in [0.15, 0.2) is 65.8 Å². The summed E-state index contributed by atoms with van der Waals surface area (Å²) < 4.78 is 11.6. The Kier molecular flexibility index (Phi) is 9.16. The maximum Gasteiger partial charge on any atom is 0.244 e. The SMILES string of the molecule is CCOc1cc(/C=N/NC(=O)Cc2ccc(CC)cc2)cc(Cl)c1OCc1ccc(Cl)cc1. The van der Waals surface area contributed by atoms with E-state index in [0.717, 1.165) is 17.5 Å². The lowest BCUT2D eigenvalue weighted by molar-refractivity contribution is -0.120. The highest BCUT2D eigenvalue weighted by Gasteiger charge is 2.13. The Morgan fingerprint density at radius 1 is 0.939 bits per heavy atom. The van der Waals surface area contributed by atoms with Crippen molar-refractivity contribution in [2.45, 2.75) is 33.3 Å². The average molecular weight is 485 g/mol. The molecule has 0 saturated heterocycles. The molecule has 3 aromatic rings. The number of rotatable bonds is 10. The standard InChI is InChI=1S/C26H26Cl2N2O3/c1-3-18-5-7-19(8-6-18)15-25(31)30-29-16-21-13-23(28)26(24(14-21)32-4-2)33-17-20-9-11-22(27)12-10-20/h5-14,16H,3-4,15,17H2,1-2H3,(H,30,31)/b29-16+. The maximum atomic E-state index is 12.2. The van der Waals surface area contributed by atoms with Gasteiger partial charge in [-0.15, -0.1) is 0 Å². The number of nitrogens with zero attached hydrogens (tertiary/aromatic N) is 1. The monoisotopic (exact) mass is 484 g/mol. The van der Waals surface area contributed by atoms with E-state index in [4.69, 9.17) is 32.7 Å². The Hall–Kier alpha value is -3.02. The molecular formula is C26H26Cl2N2O3. The fourth-order valence-electron chi connectivity index (χ4n) is 3.10. The van der Waals surface area contributed by atoms with Crippen molar-refractivity contribution in [2.75, 3.05) is 6.61 Å². The Morgan fingerprint density at radius 2 is 1.61 bits per heavy atom. The molecule has 0 bridgehead atoms. The van der Waals surface area contributed by atoms with E-state index in [1.807, 2.05) is 43.3 Å². The molecule has 3 aromatic carbocycles. The zero-order valence-corrected chi connectivity index (χ0v) is 20.1. The van der Waals surface area contributed by atoms with Gasteiger partial charge in [-0.25, -0.2) is 5.43 Å². The molecule has 3 rings (SSSR count). The lowest BCUT2D eigenvalue weighted by Crippen LogP contribution is -2.19. The van der Waals surface area contributed by atoms with Crippen LogP contribution < -0.4 is 14.9 Å². The second-order valence-electron chi connectivity index (χ2n) is 7.32. The number of carbonyl (C=O) groups is 1. The summed E-state index contributed by atoms with van der Waals surface area (Å²) in [6.07, 6.45) is 2.74. The van der Waals surface area contributed by atoms with Gasteiger partial charge >= 0.3 is 0 Å². The van der Waals surface area contributed by atoms with E-state index in [1.54, 1.807) is 24.3 Å². The molecule has 0 fully saturated rings. The molecule has 0 unspecified atom stereocenters. The third kappa shape index (κ3) is 7.52. The van der Waals surface area contributed by atoms with Gasteiger partial charge in [0.05, 0.1) is 24.3 Å². The molecule has 0 aliphatic heterocycles. The second-order valence-corrected chi connectivity index (χ2v) is 8.16. The Balaban J connectivity index is 1.63. The van der Waals surface area contributed by atoms with Crippen molar-refractivity contribution < 1.29 is 14.3 Å². The van der Waals surface area contributed by atoms with Crippen LogP contribution in [0.4, 0.5) is 0 Å². The Bertz CT molecular complexity index is 1100. The van der Waals surface area contributed by atoms with Crippen LogP contribution in [0, 0.1) is 0 Å². The Morgan fingerprint density at radius 3 is 2.27 bits per heavy atom. The molecular weight excluding hydrogens is 459 g/mol. The summed E-state index contributed by atoms with van der Waals surface area (Å²) in [5.41, 5.74) is 6.35. The van der Waals surface area contributed by atoms with Crippen molar-refractivity contribution in [2.24, 2.45) is 5.10 Å². The van der Waals surface area contributed by atoms with E-state index >= 15 is 0 Å². The lowest BCUT2D eigenvalue weighted by atomic mass is 10.1. The van der Waals surface area contributed by atoms with Gasteiger partial charge in [-0.1, -0.05) is 66.5 Å². The third-order valence-corrected chi connectivity index (χ3v) is 5.36. The zero-order valence-electron chi connectivity index (χ0n) is 18.6.